The third kappa shape index (κ3) is 9.88. The van der Waals surface area contributed by atoms with Crippen molar-refractivity contribution in [2.75, 3.05) is 32.6 Å². The van der Waals surface area contributed by atoms with E-state index in [1.165, 1.54) is 5.38 Å². The molecule has 1 unspecified atom stereocenters. The van der Waals surface area contributed by atoms with Crippen LogP contribution in [0.1, 0.15) is 18.4 Å². The molecule has 0 aliphatic rings. The summed E-state index contributed by atoms with van der Waals surface area (Å²) >= 11 is 0.869. The van der Waals surface area contributed by atoms with Crippen LogP contribution < -0.4 is 18.7 Å². The average Bonchev–Trinajstić information content (AvgIpc) is 3.48. The van der Waals surface area contributed by atoms with Crippen LogP contribution in [0.4, 0.5) is 4.39 Å². The van der Waals surface area contributed by atoms with Crippen LogP contribution in [0, 0.1) is 17.1 Å². The summed E-state index contributed by atoms with van der Waals surface area (Å²) in [5.41, 5.74) is 17.3. The van der Waals surface area contributed by atoms with E-state index in [1.807, 2.05) is 0 Å². The Balaban J connectivity index is 1.78. The van der Waals surface area contributed by atoms with Gasteiger partial charge in [-0.3, -0.25) is 0 Å². The molecule has 0 amide bonds. The van der Waals surface area contributed by atoms with Crippen LogP contribution in [-0.4, -0.2) is 45.9 Å². The van der Waals surface area contributed by atoms with Crippen molar-refractivity contribution < 1.29 is 36.3 Å². The Labute approximate surface area is 249 Å². The van der Waals surface area contributed by atoms with Crippen LogP contribution in [0.5, 0.6) is 17.2 Å². The summed E-state index contributed by atoms with van der Waals surface area (Å²) in [4.78, 5) is 15.6. The van der Waals surface area contributed by atoms with E-state index in [0.717, 1.165) is 29.5 Å². The number of halogens is 1. The molecule has 19 heteroatoms. The Morgan fingerprint density at radius 2 is 1.72 bits per heavy atom. The van der Waals surface area contributed by atoms with E-state index < -0.39 is 29.7 Å². The molecule has 3 aromatic rings. The Bertz CT molecular complexity index is 1740. The van der Waals surface area contributed by atoms with Crippen LogP contribution in [0.25, 0.3) is 32.0 Å². The normalized spacial score (nSPS) is 12.2. The van der Waals surface area contributed by atoms with E-state index in [4.69, 9.17) is 30.3 Å². The largest absolute Gasteiger partial charge is 0.490 e. The van der Waals surface area contributed by atoms with E-state index in [9.17, 15) is 22.3 Å². The summed E-state index contributed by atoms with van der Waals surface area (Å²) in [6.07, 6.45) is -0.166. The summed E-state index contributed by atoms with van der Waals surface area (Å²) in [7, 11) is -8.96. The van der Waals surface area contributed by atoms with E-state index >= 15 is 0 Å². The summed E-state index contributed by atoms with van der Waals surface area (Å²) in [5, 5.41) is 17.2. The van der Waals surface area contributed by atoms with Gasteiger partial charge in [0.15, 0.2) is 11.5 Å². The zero-order valence-corrected chi connectivity index (χ0v) is 24.8. The van der Waals surface area contributed by atoms with Crippen molar-refractivity contribution in [3.05, 3.63) is 80.1 Å². The number of benzene rings is 2. The number of thiophene rings is 1. The molecule has 0 radical (unpaired) electrons. The first kappa shape index (κ1) is 33.2. The van der Waals surface area contributed by atoms with Gasteiger partial charge in [0.05, 0.1) is 18.8 Å². The second-order valence-electron chi connectivity index (χ2n) is 8.38. The lowest BCUT2D eigenvalue weighted by molar-refractivity contribution is 0.265. The van der Waals surface area contributed by atoms with E-state index in [2.05, 4.69) is 24.8 Å². The topological polar surface area (TPSA) is 232 Å². The van der Waals surface area contributed by atoms with Gasteiger partial charge >= 0.3 is 7.60 Å². The summed E-state index contributed by atoms with van der Waals surface area (Å²) < 4.78 is 71.1. The molecule has 0 spiro atoms. The second kappa shape index (κ2) is 15.8. The molecule has 1 aromatic heterocycles. The molecule has 15 nitrogen and oxygen atoms in total. The van der Waals surface area contributed by atoms with Gasteiger partial charge in [-0.25, -0.2) is 17.4 Å². The molecule has 2 aromatic carbocycles. The highest BCUT2D eigenvalue weighted by Crippen LogP contribution is 2.43. The minimum Gasteiger partial charge on any atom is -0.490 e. The van der Waals surface area contributed by atoms with Gasteiger partial charge in [0.2, 0.25) is 0 Å². The minimum absolute atomic E-state index is 0.158. The van der Waals surface area contributed by atoms with Crippen molar-refractivity contribution in [2.24, 2.45) is 10.2 Å². The SMILES string of the molecule is N#Cc1ccc(OP(=O)(O)CNS(=O)(=O)c2sccc2-c2ccc(OCCCN=[N+]=[N-])c(OCCCN=[N+]=[N-])c2)cc1F. The first-order valence-electron chi connectivity index (χ1n) is 12.3. The number of rotatable bonds is 17. The predicted octanol–water partition coefficient (Wildman–Crippen LogP) is 6.08. The van der Waals surface area contributed by atoms with Crippen LogP contribution >= 0.6 is 18.9 Å². The van der Waals surface area contributed by atoms with Crippen molar-refractivity contribution in [1.29, 1.82) is 5.26 Å². The molecule has 0 fully saturated rings. The van der Waals surface area contributed by atoms with E-state index in [1.54, 1.807) is 30.3 Å². The molecule has 1 heterocycles. The van der Waals surface area contributed by atoms with Gasteiger partial charge in [-0.05, 0) is 65.2 Å². The molecule has 0 saturated carbocycles. The zero-order valence-electron chi connectivity index (χ0n) is 22.2. The maximum Gasteiger partial charge on any atom is 0.391 e. The fourth-order valence-electron chi connectivity index (χ4n) is 3.42. The number of sulfonamides is 1. The Morgan fingerprint density at radius 1 is 1.05 bits per heavy atom. The predicted molar refractivity (Wildman–Crippen MR) is 155 cm³/mol. The molecule has 1 atom stereocenters. The zero-order chi connectivity index (χ0) is 31.3. The molecule has 0 bridgehead atoms. The van der Waals surface area contributed by atoms with Gasteiger partial charge < -0.3 is 18.9 Å². The lowest BCUT2D eigenvalue weighted by Crippen LogP contribution is -2.25. The highest BCUT2D eigenvalue weighted by molar-refractivity contribution is 7.92. The van der Waals surface area contributed by atoms with Crippen LogP contribution in [0.15, 0.2) is 62.3 Å². The van der Waals surface area contributed by atoms with Gasteiger partial charge in [-0.15, -0.1) is 11.3 Å². The number of azide groups is 2. The summed E-state index contributed by atoms with van der Waals surface area (Å²) in [5.74, 6) is -0.686. The van der Waals surface area contributed by atoms with Crippen LogP contribution in [0.2, 0.25) is 0 Å². The van der Waals surface area contributed by atoms with Crippen molar-refractivity contribution in [1.82, 2.24) is 4.72 Å². The average molecular weight is 651 g/mol. The van der Waals surface area contributed by atoms with Crippen LogP contribution in [0.3, 0.4) is 0 Å². The number of nitriles is 1. The Hall–Kier alpha value is -4.32. The molecule has 0 aliphatic heterocycles. The molecule has 226 valence electrons. The van der Waals surface area contributed by atoms with Gasteiger partial charge in [-0.1, -0.05) is 16.3 Å². The number of hydrogen-bond acceptors (Lipinski definition) is 10. The van der Waals surface area contributed by atoms with Crippen LogP contribution in [-0.2, 0) is 14.6 Å². The second-order valence-corrected chi connectivity index (χ2v) is 13.0. The molecule has 3 rings (SSSR count). The molecule has 0 saturated heterocycles. The quantitative estimate of drug-likeness (QED) is 0.0569. The van der Waals surface area contributed by atoms with Gasteiger partial charge in [-0.2, -0.15) is 9.98 Å². The van der Waals surface area contributed by atoms with Gasteiger partial charge in [0, 0.05) is 34.5 Å². The van der Waals surface area contributed by atoms with E-state index in [-0.39, 0.29) is 53.1 Å². The lowest BCUT2D eigenvalue weighted by Gasteiger charge is -2.16. The smallest absolute Gasteiger partial charge is 0.391 e. The van der Waals surface area contributed by atoms with E-state index in [0.29, 0.717) is 24.2 Å². The fourth-order valence-corrected chi connectivity index (χ4v) is 7.36. The number of nitrogens with one attached hydrogen (secondary N) is 1. The number of nitrogens with zero attached hydrogens (tertiary/aromatic N) is 7. The third-order valence-electron chi connectivity index (χ3n) is 5.34. The molecule has 43 heavy (non-hydrogen) atoms. The minimum atomic E-state index is -4.62. The highest BCUT2D eigenvalue weighted by Gasteiger charge is 2.28. The molecule has 0 aliphatic carbocycles. The molecular formula is C24H24FN8O7PS2. The summed E-state index contributed by atoms with van der Waals surface area (Å²) in [6.45, 7) is 0.822. The van der Waals surface area contributed by atoms with Crippen molar-refractivity contribution in [2.45, 2.75) is 17.1 Å². The highest BCUT2D eigenvalue weighted by atomic mass is 32.2. The molecular weight excluding hydrogens is 626 g/mol. The first-order chi connectivity index (χ1) is 20.6. The maximum atomic E-state index is 13.8. The first-order valence-corrected chi connectivity index (χ1v) is 16.4. The van der Waals surface area contributed by atoms with Gasteiger partial charge in [0.25, 0.3) is 10.0 Å². The maximum absolute atomic E-state index is 13.8. The number of hydrogen-bond donors (Lipinski definition) is 2. The monoisotopic (exact) mass is 650 g/mol. The van der Waals surface area contributed by atoms with Crippen molar-refractivity contribution in [3.63, 3.8) is 0 Å². The van der Waals surface area contributed by atoms with Gasteiger partial charge in [0.1, 0.15) is 28.1 Å². The Kier molecular flexibility index (Phi) is 12.2. The summed E-state index contributed by atoms with van der Waals surface area (Å²) in [6, 6.07) is 10.8. The standard InChI is InChI=1S/C24H24FN8O7PS2/c25-21-14-19(5-3-18(21)15-26)40-41(34,35)16-31-43(36,37)24-20(7-12-42-24)17-4-6-22(38-10-1-8-29-32-27)23(13-17)39-11-2-9-30-33-28/h3-7,12-14,31H,1-2,8-11,16H2,(H,34,35). The third-order valence-corrected chi connectivity index (χ3v) is 9.49. The molecule has 2 N–H and O–H groups in total. The van der Waals surface area contributed by atoms with Crippen molar-refractivity contribution >= 4 is 29.0 Å². The number of ether oxygens (including phenoxy) is 2. The Morgan fingerprint density at radius 3 is 2.35 bits per heavy atom. The van der Waals surface area contributed by atoms with Crippen molar-refractivity contribution in [3.8, 4) is 34.4 Å². The lowest BCUT2D eigenvalue weighted by atomic mass is 10.1. The fraction of sp³-hybridized carbons (Fsp3) is 0.292.